The Kier molecular flexibility index (Phi) is 2.48. The Morgan fingerprint density at radius 2 is 2.19 bits per heavy atom. The third kappa shape index (κ3) is 1.41. The van der Waals surface area contributed by atoms with Gasteiger partial charge in [-0.25, -0.2) is 0 Å². The van der Waals surface area contributed by atoms with Crippen molar-refractivity contribution in [1.82, 2.24) is 0 Å². The molecule has 3 unspecified atom stereocenters. The molecule has 3 heteroatoms. The Hall–Kier alpha value is -0.540. The van der Waals surface area contributed by atoms with Crippen LogP contribution in [0.2, 0.25) is 0 Å². The van der Waals surface area contributed by atoms with Gasteiger partial charge in [-0.3, -0.25) is 0 Å². The van der Waals surface area contributed by atoms with E-state index < -0.39 is 0 Å². The molecule has 16 heavy (non-hydrogen) atoms. The third-order valence-corrected chi connectivity index (χ3v) is 4.72. The first kappa shape index (κ1) is 10.6. The van der Waals surface area contributed by atoms with Crippen LogP contribution in [-0.2, 0) is 0 Å². The van der Waals surface area contributed by atoms with E-state index >= 15 is 0 Å². The van der Waals surface area contributed by atoms with Crippen LogP contribution in [0.5, 0.6) is 0 Å². The second kappa shape index (κ2) is 3.74. The number of rotatable bonds is 0. The van der Waals surface area contributed by atoms with Gasteiger partial charge in [-0.05, 0) is 36.5 Å². The average Bonchev–Trinajstić information content (AvgIpc) is 2.75. The molecule has 0 bridgehead atoms. The molecule has 2 N–H and O–H groups in total. The van der Waals surface area contributed by atoms with Crippen LogP contribution in [-0.4, -0.2) is 13.1 Å². The zero-order chi connectivity index (χ0) is 11.3. The number of nitrogens with two attached hydrogens (primary N) is 1. The molecule has 1 aliphatic carbocycles. The lowest BCUT2D eigenvalue weighted by Crippen LogP contribution is -2.44. The Morgan fingerprint density at radius 3 is 3.00 bits per heavy atom. The summed E-state index contributed by atoms with van der Waals surface area (Å²) in [6.45, 7) is 0. The van der Waals surface area contributed by atoms with Gasteiger partial charge in [0, 0.05) is 29.3 Å². The minimum Gasteiger partial charge on any atom is -0.371 e. The minimum absolute atomic E-state index is 0.229. The van der Waals surface area contributed by atoms with Gasteiger partial charge in [0.1, 0.15) is 0 Å². The van der Waals surface area contributed by atoms with Gasteiger partial charge in [0.25, 0.3) is 0 Å². The highest BCUT2D eigenvalue weighted by Gasteiger charge is 2.40. The largest absolute Gasteiger partial charge is 0.371 e. The first-order chi connectivity index (χ1) is 7.68. The smallest absolute Gasteiger partial charge is 0.0426 e. The van der Waals surface area contributed by atoms with Crippen LogP contribution in [0.3, 0.4) is 0 Å². The molecule has 1 aromatic rings. The number of anilines is 1. The highest BCUT2D eigenvalue weighted by molar-refractivity contribution is 9.10. The molecule has 2 aliphatic rings. The quantitative estimate of drug-likeness (QED) is 0.792. The Morgan fingerprint density at radius 1 is 1.38 bits per heavy atom. The van der Waals surface area contributed by atoms with Crippen molar-refractivity contribution in [1.29, 1.82) is 0 Å². The maximum atomic E-state index is 6.40. The van der Waals surface area contributed by atoms with Crippen LogP contribution in [0.25, 0.3) is 0 Å². The van der Waals surface area contributed by atoms with Gasteiger partial charge >= 0.3 is 0 Å². The van der Waals surface area contributed by atoms with Crippen LogP contribution >= 0.6 is 15.9 Å². The van der Waals surface area contributed by atoms with Crippen molar-refractivity contribution >= 4 is 21.6 Å². The Balaban J connectivity index is 2.11. The number of hydrogen-bond acceptors (Lipinski definition) is 2. The number of benzene rings is 1. The highest BCUT2D eigenvalue weighted by Crippen LogP contribution is 2.46. The lowest BCUT2D eigenvalue weighted by molar-refractivity contribution is 0.370. The summed E-state index contributed by atoms with van der Waals surface area (Å²) in [6, 6.07) is 7.35. The molecule has 3 atom stereocenters. The molecule has 1 aliphatic heterocycles. The maximum Gasteiger partial charge on any atom is 0.0426 e. The van der Waals surface area contributed by atoms with Crippen molar-refractivity contribution < 1.29 is 0 Å². The van der Waals surface area contributed by atoms with Gasteiger partial charge in [0.15, 0.2) is 0 Å². The molecule has 0 spiro atoms. The van der Waals surface area contributed by atoms with E-state index in [1.807, 2.05) is 0 Å². The minimum atomic E-state index is 0.229. The molecule has 1 fully saturated rings. The lowest BCUT2D eigenvalue weighted by atomic mass is 9.84. The Bertz CT molecular complexity index is 418. The number of halogens is 1. The SMILES string of the molecule is CN1c2cc(Br)ccc2C(N)C2CCCC21. The molecule has 1 heterocycles. The summed E-state index contributed by atoms with van der Waals surface area (Å²) in [6.07, 6.45) is 3.90. The summed E-state index contributed by atoms with van der Waals surface area (Å²) in [5.41, 5.74) is 9.03. The summed E-state index contributed by atoms with van der Waals surface area (Å²) in [5, 5.41) is 0. The highest BCUT2D eigenvalue weighted by atomic mass is 79.9. The first-order valence-electron chi connectivity index (χ1n) is 5.96. The van der Waals surface area contributed by atoms with E-state index in [9.17, 15) is 0 Å². The fourth-order valence-electron chi connectivity index (χ4n) is 3.38. The van der Waals surface area contributed by atoms with Gasteiger partial charge in [0.05, 0.1) is 0 Å². The summed E-state index contributed by atoms with van der Waals surface area (Å²) in [4.78, 5) is 2.43. The van der Waals surface area contributed by atoms with Crippen molar-refractivity contribution in [2.75, 3.05) is 11.9 Å². The third-order valence-electron chi connectivity index (χ3n) is 4.22. The van der Waals surface area contributed by atoms with Crippen molar-refractivity contribution in [3.05, 3.63) is 28.2 Å². The molecule has 0 amide bonds. The molecular weight excluding hydrogens is 264 g/mol. The van der Waals surface area contributed by atoms with E-state index in [1.165, 1.54) is 30.5 Å². The molecule has 1 aromatic carbocycles. The van der Waals surface area contributed by atoms with Crippen molar-refractivity contribution in [2.45, 2.75) is 31.3 Å². The van der Waals surface area contributed by atoms with Crippen LogP contribution in [0.4, 0.5) is 5.69 Å². The predicted molar refractivity (Wildman–Crippen MR) is 70.6 cm³/mol. The van der Waals surface area contributed by atoms with Gasteiger partial charge in [0.2, 0.25) is 0 Å². The van der Waals surface area contributed by atoms with Crippen molar-refractivity contribution in [2.24, 2.45) is 11.7 Å². The first-order valence-corrected chi connectivity index (χ1v) is 6.75. The van der Waals surface area contributed by atoms with E-state index in [0.717, 1.165) is 4.47 Å². The predicted octanol–water partition coefficient (Wildman–Crippen LogP) is 3.07. The molecular formula is C13H17BrN2. The van der Waals surface area contributed by atoms with Crippen LogP contribution in [0, 0.1) is 5.92 Å². The molecule has 86 valence electrons. The van der Waals surface area contributed by atoms with Gasteiger partial charge < -0.3 is 10.6 Å². The number of fused-ring (bicyclic) bond motifs is 2. The molecule has 0 radical (unpaired) electrons. The molecule has 1 saturated carbocycles. The van der Waals surface area contributed by atoms with Crippen LogP contribution < -0.4 is 10.6 Å². The average molecular weight is 281 g/mol. The van der Waals surface area contributed by atoms with Crippen LogP contribution in [0.1, 0.15) is 30.9 Å². The molecule has 3 rings (SSSR count). The second-order valence-corrected chi connectivity index (χ2v) is 5.92. The van der Waals surface area contributed by atoms with Gasteiger partial charge in [-0.1, -0.05) is 28.4 Å². The fourth-order valence-corrected chi connectivity index (χ4v) is 3.73. The van der Waals surface area contributed by atoms with Gasteiger partial charge in [-0.15, -0.1) is 0 Å². The van der Waals surface area contributed by atoms with Gasteiger partial charge in [-0.2, -0.15) is 0 Å². The zero-order valence-electron chi connectivity index (χ0n) is 9.49. The van der Waals surface area contributed by atoms with Crippen molar-refractivity contribution in [3.63, 3.8) is 0 Å². The summed E-state index contributed by atoms with van der Waals surface area (Å²) in [7, 11) is 2.21. The summed E-state index contributed by atoms with van der Waals surface area (Å²) >= 11 is 3.54. The summed E-state index contributed by atoms with van der Waals surface area (Å²) in [5.74, 6) is 0.652. The molecule has 2 nitrogen and oxygen atoms in total. The number of nitrogens with zero attached hydrogens (tertiary/aromatic N) is 1. The zero-order valence-corrected chi connectivity index (χ0v) is 11.1. The van der Waals surface area contributed by atoms with E-state index in [4.69, 9.17) is 5.73 Å². The fraction of sp³-hybridized carbons (Fsp3) is 0.538. The normalized spacial score (nSPS) is 32.4. The van der Waals surface area contributed by atoms with Crippen LogP contribution in [0.15, 0.2) is 22.7 Å². The van der Waals surface area contributed by atoms with E-state index in [-0.39, 0.29) is 6.04 Å². The number of hydrogen-bond donors (Lipinski definition) is 1. The molecule has 0 saturated heterocycles. The van der Waals surface area contributed by atoms with E-state index in [2.05, 4.69) is 46.1 Å². The topological polar surface area (TPSA) is 29.3 Å². The molecule has 0 aromatic heterocycles. The van der Waals surface area contributed by atoms with Crippen molar-refractivity contribution in [3.8, 4) is 0 Å². The maximum absolute atomic E-state index is 6.40. The second-order valence-electron chi connectivity index (χ2n) is 5.00. The summed E-state index contributed by atoms with van der Waals surface area (Å²) < 4.78 is 1.14. The van der Waals surface area contributed by atoms with E-state index in [1.54, 1.807) is 0 Å². The Labute approximate surface area is 105 Å². The monoisotopic (exact) mass is 280 g/mol. The standard InChI is InChI=1S/C13H17BrN2/c1-16-11-4-2-3-9(11)13(15)10-6-5-8(14)7-12(10)16/h5-7,9,11,13H,2-4,15H2,1H3. The lowest BCUT2D eigenvalue weighted by Gasteiger charge is -2.41. The van der Waals surface area contributed by atoms with E-state index in [0.29, 0.717) is 12.0 Å².